The van der Waals surface area contributed by atoms with Gasteiger partial charge in [-0.1, -0.05) is 38.1 Å². The van der Waals surface area contributed by atoms with Crippen LogP contribution in [-0.4, -0.2) is 30.8 Å². The van der Waals surface area contributed by atoms with Crippen molar-refractivity contribution in [2.75, 3.05) is 13.1 Å². The van der Waals surface area contributed by atoms with Gasteiger partial charge in [0.1, 0.15) is 0 Å². The molecule has 2 unspecified atom stereocenters. The summed E-state index contributed by atoms with van der Waals surface area (Å²) in [6, 6.07) is 9.69. The van der Waals surface area contributed by atoms with Crippen LogP contribution in [0.25, 0.3) is 10.9 Å². The van der Waals surface area contributed by atoms with Crippen LogP contribution in [0.5, 0.6) is 0 Å². The van der Waals surface area contributed by atoms with Crippen LogP contribution >= 0.6 is 0 Å². The lowest BCUT2D eigenvalue weighted by atomic mass is 9.94. The Bertz CT molecular complexity index is 776. The Kier molecular flexibility index (Phi) is 4.66. The van der Waals surface area contributed by atoms with Gasteiger partial charge in [0.15, 0.2) is 0 Å². The Morgan fingerprint density at radius 1 is 1.17 bits per heavy atom. The highest BCUT2D eigenvalue weighted by atomic mass is 32.2. The maximum atomic E-state index is 12.6. The second-order valence-electron chi connectivity index (χ2n) is 6.58. The molecule has 1 aromatic carbocycles. The fourth-order valence-electron chi connectivity index (χ4n) is 3.37. The average Bonchev–Trinajstić information content (AvgIpc) is 2.52. The van der Waals surface area contributed by atoms with E-state index >= 15 is 0 Å². The first-order valence-corrected chi connectivity index (χ1v) is 9.47. The third kappa shape index (κ3) is 3.71. The first kappa shape index (κ1) is 16.4. The van der Waals surface area contributed by atoms with Crippen LogP contribution in [0.15, 0.2) is 36.5 Å². The van der Waals surface area contributed by atoms with Crippen molar-refractivity contribution in [1.29, 1.82) is 0 Å². The predicted molar refractivity (Wildman–Crippen MR) is 92.0 cm³/mol. The minimum atomic E-state index is -3.46. The van der Waals surface area contributed by atoms with E-state index in [1.165, 1.54) is 0 Å². The molecule has 2 aromatic rings. The van der Waals surface area contributed by atoms with E-state index in [0.29, 0.717) is 24.9 Å². The molecule has 1 aliphatic rings. The van der Waals surface area contributed by atoms with E-state index in [-0.39, 0.29) is 6.54 Å². The topological polar surface area (TPSA) is 62.3 Å². The number of hydrogen-bond acceptors (Lipinski definition) is 3. The predicted octanol–water partition coefficient (Wildman–Crippen LogP) is 2.55. The summed E-state index contributed by atoms with van der Waals surface area (Å²) >= 11 is 0. The molecule has 1 saturated heterocycles. The molecule has 2 atom stereocenters. The maximum absolute atomic E-state index is 12.6. The Morgan fingerprint density at radius 2 is 1.87 bits per heavy atom. The normalized spacial score (nSPS) is 23.2. The zero-order valence-electron chi connectivity index (χ0n) is 13.6. The number of nitrogens with zero attached hydrogens (tertiary/aromatic N) is 2. The quantitative estimate of drug-likeness (QED) is 0.935. The summed E-state index contributed by atoms with van der Waals surface area (Å²) in [6.45, 7) is 5.65. The zero-order valence-corrected chi connectivity index (χ0v) is 14.4. The van der Waals surface area contributed by atoms with Crippen molar-refractivity contribution in [2.24, 2.45) is 11.8 Å². The highest BCUT2D eigenvalue weighted by Crippen LogP contribution is 2.23. The molecule has 1 N–H and O–H groups in total. The van der Waals surface area contributed by atoms with Gasteiger partial charge in [-0.2, -0.15) is 17.4 Å². The third-order valence-corrected chi connectivity index (χ3v) is 5.82. The average molecular weight is 333 g/mol. The molecule has 0 aliphatic carbocycles. The standard InChI is InChI=1S/C17H23N3O2S/c1-13-9-14(2)12-20(11-13)23(21,22)19-10-16-6-3-5-15-7-4-8-18-17(15)16/h3-8,13-14,19H,9-12H2,1-2H3. The summed E-state index contributed by atoms with van der Waals surface area (Å²) in [5, 5.41) is 1.02. The molecule has 1 fully saturated rings. The summed E-state index contributed by atoms with van der Waals surface area (Å²) in [6.07, 6.45) is 2.81. The van der Waals surface area contributed by atoms with Crippen LogP contribution in [0.3, 0.4) is 0 Å². The molecule has 3 rings (SSSR count). The molecule has 2 heterocycles. The van der Waals surface area contributed by atoms with Crippen LogP contribution in [0, 0.1) is 11.8 Å². The molecule has 1 aromatic heterocycles. The van der Waals surface area contributed by atoms with E-state index < -0.39 is 10.2 Å². The molecular weight excluding hydrogens is 310 g/mol. The molecular formula is C17H23N3O2S. The van der Waals surface area contributed by atoms with Crippen LogP contribution in [0.1, 0.15) is 25.8 Å². The van der Waals surface area contributed by atoms with E-state index in [1.807, 2.05) is 30.3 Å². The van der Waals surface area contributed by atoms with Gasteiger partial charge in [0, 0.05) is 31.2 Å². The number of fused-ring (bicyclic) bond motifs is 1. The molecule has 5 nitrogen and oxygen atoms in total. The molecule has 0 saturated carbocycles. The second-order valence-corrected chi connectivity index (χ2v) is 8.34. The smallest absolute Gasteiger partial charge is 0.256 e. The number of hydrogen-bond donors (Lipinski definition) is 1. The Hall–Kier alpha value is -1.50. The van der Waals surface area contributed by atoms with E-state index in [0.717, 1.165) is 22.9 Å². The van der Waals surface area contributed by atoms with Crippen molar-refractivity contribution >= 4 is 21.1 Å². The number of benzene rings is 1. The van der Waals surface area contributed by atoms with Crippen molar-refractivity contribution in [3.63, 3.8) is 0 Å². The highest BCUT2D eigenvalue weighted by Gasteiger charge is 2.30. The fraction of sp³-hybridized carbons (Fsp3) is 0.471. The van der Waals surface area contributed by atoms with Gasteiger partial charge in [-0.3, -0.25) is 4.98 Å². The fourth-order valence-corrected chi connectivity index (χ4v) is 4.79. The SMILES string of the molecule is CC1CC(C)CN(S(=O)(=O)NCc2cccc3cccnc23)C1. The molecule has 1 aliphatic heterocycles. The molecule has 6 heteroatoms. The number of pyridine rings is 1. The Morgan fingerprint density at radius 3 is 2.61 bits per heavy atom. The van der Waals surface area contributed by atoms with Crippen LogP contribution in [0.2, 0.25) is 0 Å². The number of piperidine rings is 1. The van der Waals surface area contributed by atoms with Gasteiger partial charge in [0.25, 0.3) is 10.2 Å². The maximum Gasteiger partial charge on any atom is 0.279 e. The first-order valence-electron chi connectivity index (χ1n) is 8.03. The van der Waals surface area contributed by atoms with E-state index in [9.17, 15) is 8.42 Å². The lowest BCUT2D eigenvalue weighted by Crippen LogP contribution is -2.47. The zero-order chi connectivity index (χ0) is 16.4. The molecule has 23 heavy (non-hydrogen) atoms. The first-order chi connectivity index (χ1) is 11.0. The van der Waals surface area contributed by atoms with Crippen molar-refractivity contribution in [1.82, 2.24) is 14.0 Å². The van der Waals surface area contributed by atoms with Gasteiger partial charge in [-0.05, 0) is 29.9 Å². The lowest BCUT2D eigenvalue weighted by molar-refractivity contribution is 0.220. The van der Waals surface area contributed by atoms with Crippen LogP contribution < -0.4 is 4.72 Å². The van der Waals surface area contributed by atoms with Gasteiger partial charge in [-0.25, -0.2) is 0 Å². The summed E-state index contributed by atoms with van der Waals surface area (Å²) < 4.78 is 29.5. The summed E-state index contributed by atoms with van der Waals surface area (Å²) in [5.41, 5.74) is 1.74. The highest BCUT2D eigenvalue weighted by molar-refractivity contribution is 7.87. The number of para-hydroxylation sites is 1. The molecule has 0 radical (unpaired) electrons. The minimum absolute atomic E-state index is 0.260. The van der Waals surface area contributed by atoms with Gasteiger partial charge in [-0.15, -0.1) is 0 Å². The van der Waals surface area contributed by atoms with Crippen LogP contribution in [-0.2, 0) is 16.8 Å². The Balaban J connectivity index is 1.76. The lowest BCUT2D eigenvalue weighted by Gasteiger charge is -2.33. The van der Waals surface area contributed by atoms with Crippen molar-refractivity contribution in [3.05, 3.63) is 42.1 Å². The largest absolute Gasteiger partial charge is 0.279 e. The van der Waals surface area contributed by atoms with Crippen molar-refractivity contribution in [2.45, 2.75) is 26.8 Å². The number of rotatable bonds is 4. The van der Waals surface area contributed by atoms with E-state index in [4.69, 9.17) is 0 Å². The van der Waals surface area contributed by atoms with Gasteiger partial charge in [0.05, 0.1) is 5.52 Å². The number of aromatic nitrogens is 1. The van der Waals surface area contributed by atoms with Gasteiger partial charge >= 0.3 is 0 Å². The van der Waals surface area contributed by atoms with Gasteiger partial charge < -0.3 is 0 Å². The Labute approximate surface area is 137 Å². The molecule has 0 amide bonds. The number of nitrogens with one attached hydrogen (secondary N) is 1. The summed E-state index contributed by atoms with van der Waals surface area (Å²) in [7, 11) is -3.46. The van der Waals surface area contributed by atoms with Crippen molar-refractivity contribution < 1.29 is 8.42 Å². The van der Waals surface area contributed by atoms with Gasteiger partial charge in [0.2, 0.25) is 0 Å². The van der Waals surface area contributed by atoms with E-state index in [1.54, 1.807) is 10.5 Å². The minimum Gasteiger partial charge on any atom is -0.256 e. The second kappa shape index (κ2) is 6.55. The van der Waals surface area contributed by atoms with Crippen molar-refractivity contribution in [3.8, 4) is 0 Å². The summed E-state index contributed by atoms with van der Waals surface area (Å²) in [5.74, 6) is 0.795. The summed E-state index contributed by atoms with van der Waals surface area (Å²) in [4.78, 5) is 4.37. The van der Waals surface area contributed by atoms with E-state index in [2.05, 4.69) is 23.6 Å². The molecule has 124 valence electrons. The third-order valence-electron chi connectivity index (χ3n) is 4.34. The molecule has 0 spiro atoms. The monoisotopic (exact) mass is 333 g/mol. The molecule has 0 bridgehead atoms. The van der Waals surface area contributed by atoms with Crippen LogP contribution in [0.4, 0.5) is 0 Å².